The van der Waals surface area contributed by atoms with Gasteiger partial charge in [0.05, 0.1) is 10.0 Å². The van der Waals surface area contributed by atoms with Gasteiger partial charge in [-0.25, -0.2) is 0 Å². The summed E-state index contributed by atoms with van der Waals surface area (Å²) in [5.41, 5.74) is 1.15. The molecule has 21 heavy (non-hydrogen) atoms. The zero-order valence-electron chi connectivity index (χ0n) is 12.6. The molecule has 2 aliphatic rings. The lowest BCUT2D eigenvalue weighted by Gasteiger charge is -2.41. The third-order valence-electron chi connectivity index (χ3n) is 4.78. The Hall–Kier alpha value is -0.280. The summed E-state index contributed by atoms with van der Waals surface area (Å²) < 4.78 is 0. The molecule has 1 aromatic rings. The third-order valence-corrected chi connectivity index (χ3v) is 5.64. The number of nitrogens with zero attached hydrogens (tertiary/aromatic N) is 1. The van der Waals surface area contributed by atoms with Crippen LogP contribution in [0.15, 0.2) is 18.2 Å². The van der Waals surface area contributed by atoms with Crippen molar-refractivity contribution in [2.45, 2.75) is 51.2 Å². The fourth-order valence-electron chi connectivity index (χ4n) is 3.40. The first kappa shape index (κ1) is 15.6. The first-order valence-electron chi connectivity index (χ1n) is 8.09. The lowest BCUT2D eigenvalue weighted by molar-refractivity contribution is 0.108. The van der Waals surface area contributed by atoms with E-state index in [0.717, 1.165) is 36.1 Å². The van der Waals surface area contributed by atoms with Crippen molar-refractivity contribution < 1.29 is 0 Å². The van der Waals surface area contributed by atoms with E-state index in [4.69, 9.17) is 23.2 Å². The van der Waals surface area contributed by atoms with Crippen LogP contribution in [-0.4, -0.2) is 30.1 Å². The van der Waals surface area contributed by atoms with Crippen LogP contribution in [-0.2, 0) is 6.54 Å². The zero-order valence-corrected chi connectivity index (χ0v) is 14.1. The second kappa shape index (κ2) is 6.87. The molecule has 3 rings (SSSR count). The maximum absolute atomic E-state index is 6.37. The van der Waals surface area contributed by atoms with Gasteiger partial charge in [0.15, 0.2) is 0 Å². The molecule has 0 aromatic heterocycles. The highest BCUT2D eigenvalue weighted by Crippen LogP contribution is 2.35. The molecule has 2 fully saturated rings. The molecule has 1 aliphatic carbocycles. The average Bonchev–Trinajstić information content (AvgIpc) is 3.30. The topological polar surface area (TPSA) is 15.3 Å². The van der Waals surface area contributed by atoms with Crippen LogP contribution in [0.5, 0.6) is 0 Å². The van der Waals surface area contributed by atoms with Crippen molar-refractivity contribution in [2.24, 2.45) is 5.92 Å². The van der Waals surface area contributed by atoms with Gasteiger partial charge in [0.2, 0.25) is 0 Å². The van der Waals surface area contributed by atoms with Crippen molar-refractivity contribution in [1.29, 1.82) is 0 Å². The van der Waals surface area contributed by atoms with Crippen LogP contribution in [0.2, 0.25) is 10.0 Å². The third kappa shape index (κ3) is 3.73. The summed E-state index contributed by atoms with van der Waals surface area (Å²) in [4.78, 5) is 2.61. The quantitative estimate of drug-likeness (QED) is 0.865. The van der Waals surface area contributed by atoms with Gasteiger partial charge >= 0.3 is 0 Å². The molecule has 1 saturated heterocycles. The van der Waals surface area contributed by atoms with E-state index in [9.17, 15) is 0 Å². The number of piperazine rings is 1. The number of hydrogen-bond acceptors (Lipinski definition) is 2. The number of hydrogen-bond donors (Lipinski definition) is 1. The molecule has 2 unspecified atom stereocenters. The Bertz CT molecular complexity index is 488. The molecular formula is C17H24Cl2N2. The highest BCUT2D eigenvalue weighted by Gasteiger charge is 2.36. The maximum Gasteiger partial charge on any atom is 0.0637 e. The lowest BCUT2D eigenvalue weighted by Crippen LogP contribution is -2.56. The van der Waals surface area contributed by atoms with Crippen LogP contribution in [0.25, 0.3) is 0 Å². The van der Waals surface area contributed by atoms with Crippen LogP contribution in [0.3, 0.4) is 0 Å². The number of rotatable bonds is 5. The van der Waals surface area contributed by atoms with Gasteiger partial charge in [-0.2, -0.15) is 0 Å². The van der Waals surface area contributed by atoms with Gasteiger partial charge in [-0.15, -0.1) is 0 Å². The summed E-state index contributed by atoms with van der Waals surface area (Å²) in [5.74, 6) is 0.893. The Morgan fingerprint density at radius 1 is 1.29 bits per heavy atom. The lowest BCUT2D eigenvalue weighted by atomic mass is 10.0. The Kier molecular flexibility index (Phi) is 5.11. The molecule has 0 amide bonds. The molecule has 1 aliphatic heterocycles. The molecule has 4 heteroatoms. The Labute approximate surface area is 137 Å². The van der Waals surface area contributed by atoms with Gasteiger partial charge in [0.1, 0.15) is 0 Å². The number of halogens is 2. The van der Waals surface area contributed by atoms with Gasteiger partial charge < -0.3 is 5.32 Å². The Morgan fingerprint density at radius 3 is 2.81 bits per heavy atom. The molecule has 1 saturated carbocycles. The van der Waals surface area contributed by atoms with Gasteiger partial charge in [0, 0.05) is 31.7 Å². The predicted octanol–water partition coefficient (Wildman–Crippen LogP) is 4.35. The monoisotopic (exact) mass is 326 g/mol. The van der Waals surface area contributed by atoms with Gasteiger partial charge in [0.25, 0.3) is 0 Å². The average molecular weight is 327 g/mol. The number of nitrogens with one attached hydrogen (secondary N) is 1. The van der Waals surface area contributed by atoms with E-state index in [-0.39, 0.29) is 0 Å². The second-order valence-electron chi connectivity index (χ2n) is 6.44. The first-order chi connectivity index (χ1) is 10.2. The summed E-state index contributed by atoms with van der Waals surface area (Å²) in [6, 6.07) is 7.24. The van der Waals surface area contributed by atoms with Crippen molar-refractivity contribution >= 4 is 23.2 Å². The summed E-state index contributed by atoms with van der Waals surface area (Å²) in [5, 5.41) is 5.14. The highest BCUT2D eigenvalue weighted by molar-refractivity contribution is 6.42. The van der Waals surface area contributed by atoms with Crippen LogP contribution in [0.4, 0.5) is 0 Å². The van der Waals surface area contributed by atoms with E-state index >= 15 is 0 Å². The Balaban J connectivity index is 1.73. The summed E-state index contributed by atoms with van der Waals surface area (Å²) in [7, 11) is 0. The van der Waals surface area contributed by atoms with Crippen LogP contribution >= 0.6 is 23.2 Å². The minimum atomic E-state index is 0.611. The van der Waals surface area contributed by atoms with Crippen LogP contribution in [0, 0.1) is 5.92 Å². The maximum atomic E-state index is 6.37. The van der Waals surface area contributed by atoms with Crippen molar-refractivity contribution in [2.75, 3.05) is 13.1 Å². The van der Waals surface area contributed by atoms with Crippen molar-refractivity contribution in [3.05, 3.63) is 33.8 Å². The fourth-order valence-corrected chi connectivity index (χ4v) is 3.78. The standard InChI is InChI=1S/C17H24Cl2N2/c1-2-4-14-9-20-16(12-7-8-12)11-21(14)10-13-5-3-6-15(18)17(13)19/h3,5-6,12,14,16,20H,2,4,7-11H2,1H3. The van der Waals surface area contributed by atoms with E-state index in [0.29, 0.717) is 17.1 Å². The normalized spacial score (nSPS) is 27.0. The Morgan fingerprint density at radius 2 is 2.10 bits per heavy atom. The van der Waals surface area contributed by atoms with E-state index in [1.165, 1.54) is 25.7 Å². The van der Waals surface area contributed by atoms with E-state index < -0.39 is 0 Å². The molecule has 0 spiro atoms. The van der Waals surface area contributed by atoms with Crippen LogP contribution < -0.4 is 5.32 Å². The van der Waals surface area contributed by atoms with Crippen LogP contribution in [0.1, 0.15) is 38.2 Å². The van der Waals surface area contributed by atoms with E-state index in [1.807, 2.05) is 12.1 Å². The largest absolute Gasteiger partial charge is 0.311 e. The summed E-state index contributed by atoms with van der Waals surface area (Å²) in [6.07, 6.45) is 5.24. The smallest absolute Gasteiger partial charge is 0.0637 e. The first-order valence-corrected chi connectivity index (χ1v) is 8.85. The summed E-state index contributed by atoms with van der Waals surface area (Å²) >= 11 is 12.5. The van der Waals surface area contributed by atoms with Gasteiger partial charge in [-0.05, 0) is 36.8 Å². The molecule has 1 heterocycles. The van der Waals surface area contributed by atoms with E-state index in [1.54, 1.807) is 0 Å². The molecule has 0 bridgehead atoms. The molecule has 116 valence electrons. The summed E-state index contributed by atoms with van der Waals surface area (Å²) in [6.45, 7) is 5.41. The SMILES string of the molecule is CCCC1CNC(C2CC2)CN1Cc1cccc(Cl)c1Cl. The minimum Gasteiger partial charge on any atom is -0.311 e. The zero-order chi connectivity index (χ0) is 14.8. The number of benzene rings is 1. The molecule has 1 aromatic carbocycles. The highest BCUT2D eigenvalue weighted by atomic mass is 35.5. The van der Waals surface area contributed by atoms with Gasteiger partial charge in [-0.3, -0.25) is 4.90 Å². The van der Waals surface area contributed by atoms with Crippen molar-refractivity contribution in [3.8, 4) is 0 Å². The van der Waals surface area contributed by atoms with Gasteiger partial charge in [-0.1, -0.05) is 48.7 Å². The van der Waals surface area contributed by atoms with Crippen molar-refractivity contribution in [3.63, 3.8) is 0 Å². The molecule has 2 nitrogen and oxygen atoms in total. The van der Waals surface area contributed by atoms with E-state index in [2.05, 4.69) is 23.2 Å². The molecule has 1 N–H and O–H groups in total. The minimum absolute atomic E-state index is 0.611. The second-order valence-corrected chi connectivity index (χ2v) is 7.22. The fraction of sp³-hybridized carbons (Fsp3) is 0.647. The predicted molar refractivity (Wildman–Crippen MR) is 90.1 cm³/mol. The molecule has 0 radical (unpaired) electrons. The molecular weight excluding hydrogens is 303 g/mol. The molecule has 2 atom stereocenters. The van der Waals surface area contributed by atoms with Crippen molar-refractivity contribution in [1.82, 2.24) is 10.2 Å².